The first-order valence-electron chi connectivity index (χ1n) is 8.80. The van der Waals surface area contributed by atoms with Crippen LogP contribution in [-0.4, -0.2) is 61.1 Å². The maximum absolute atomic E-state index is 12.3. The summed E-state index contributed by atoms with van der Waals surface area (Å²) < 4.78 is 11.6. The third kappa shape index (κ3) is 3.28. The molecule has 0 aromatic rings. The van der Waals surface area contributed by atoms with Crippen LogP contribution in [0.25, 0.3) is 0 Å². The lowest BCUT2D eigenvalue weighted by Gasteiger charge is -2.20. The molecule has 0 aromatic carbocycles. The van der Waals surface area contributed by atoms with Crippen LogP contribution in [0.5, 0.6) is 0 Å². The third-order valence-electron chi connectivity index (χ3n) is 5.20. The maximum Gasteiger partial charge on any atom is 0.264 e. The van der Waals surface area contributed by atoms with E-state index in [9.17, 15) is 9.59 Å². The zero-order valence-electron chi connectivity index (χ0n) is 14.1. The molecule has 2 amide bonds. The molecule has 0 radical (unpaired) electrons. The molecule has 4 aliphatic rings. The Hall–Kier alpha value is -1.93. The van der Waals surface area contributed by atoms with Gasteiger partial charge in [0.25, 0.3) is 5.91 Å². The second-order valence-electron chi connectivity index (χ2n) is 7.09. The van der Waals surface area contributed by atoms with Crippen LogP contribution in [0.2, 0.25) is 0 Å². The van der Waals surface area contributed by atoms with E-state index >= 15 is 0 Å². The largest absolute Gasteiger partial charge is 0.382 e. The summed E-state index contributed by atoms with van der Waals surface area (Å²) in [6.45, 7) is 2.59. The Morgan fingerprint density at radius 2 is 1.64 bits per heavy atom. The van der Waals surface area contributed by atoms with Crippen molar-refractivity contribution in [1.29, 1.82) is 0 Å². The Bertz CT molecular complexity index is 611. The summed E-state index contributed by atoms with van der Waals surface area (Å²) in [5.74, 6) is -0.149. The van der Waals surface area contributed by atoms with Crippen LogP contribution >= 0.6 is 0 Å². The van der Waals surface area contributed by atoms with E-state index in [-0.39, 0.29) is 42.0 Å². The first kappa shape index (κ1) is 16.5. The van der Waals surface area contributed by atoms with Gasteiger partial charge in [-0.05, 0) is 19.8 Å². The highest BCUT2D eigenvalue weighted by atomic mass is 16.6. The van der Waals surface area contributed by atoms with Crippen LogP contribution < -0.4 is 10.6 Å². The summed E-state index contributed by atoms with van der Waals surface area (Å²) in [5.41, 5.74) is 0.807. The molecule has 2 N–H and O–H groups in total. The Morgan fingerprint density at radius 1 is 1.04 bits per heavy atom. The van der Waals surface area contributed by atoms with Gasteiger partial charge in [-0.2, -0.15) is 0 Å². The fraction of sp³-hybridized carbons (Fsp3) is 0.706. The van der Waals surface area contributed by atoms with Crippen LogP contribution in [0, 0.1) is 5.92 Å². The predicted octanol–water partition coefficient (Wildman–Crippen LogP) is -0.115. The summed E-state index contributed by atoms with van der Waals surface area (Å²) in [7, 11) is 0. The topological polar surface area (TPSA) is 98.2 Å². The molecule has 0 saturated carbocycles. The number of allylic oxidation sites excluding steroid dienone is 2. The van der Waals surface area contributed by atoms with Gasteiger partial charge in [0.05, 0.1) is 31.0 Å². The van der Waals surface area contributed by atoms with E-state index in [1.165, 1.54) is 0 Å². The van der Waals surface area contributed by atoms with Crippen molar-refractivity contribution in [1.82, 2.24) is 10.6 Å². The Labute approximate surface area is 145 Å². The number of carbonyl (C=O) groups excluding carboxylic acids is 2. The lowest BCUT2D eigenvalue weighted by Crippen LogP contribution is -2.49. The van der Waals surface area contributed by atoms with Crippen molar-refractivity contribution in [3.63, 3.8) is 0 Å². The van der Waals surface area contributed by atoms with Gasteiger partial charge in [0.15, 0.2) is 0 Å². The fourth-order valence-corrected chi connectivity index (χ4v) is 3.79. The smallest absolute Gasteiger partial charge is 0.264 e. The maximum atomic E-state index is 12.3. The van der Waals surface area contributed by atoms with E-state index in [0.29, 0.717) is 19.6 Å². The zero-order valence-corrected chi connectivity index (χ0v) is 14.1. The number of ether oxygens (including phenoxy) is 2. The number of hydrogen-bond donors (Lipinski definition) is 2. The number of hydrogen-bond acceptors (Lipinski definition) is 6. The van der Waals surface area contributed by atoms with Gasteiger partial charge < -0.3 is 24.9 Å². The molecule has 1 aliphatic carbocycles. The van der Waals surface area contributed by atoms with Gasteiger partial charge in [-0.15, -0.1) is 0 Å². The first-order chi connectivity index (χ1) is 12.1. The molecule has 0 spiro atoms. The number of nitrogens with one attached hydrogen (secondary N) is 2. The van der Waals surface area contributed by atoms with Crippen molar-refractivity contribution >= 4 is 17.5 Å². The van der Waals surface area contributed by atoms with Crippen LogP contribution in [0.1, 0.15) is 26.2 Å². The highest BCUT2D eigenvalue weighted by Gasteiger charge is 2.49. The van der Waals surface area contributed by atoms with E-state index < -0.39 is 6.10 Å². The van der Waals surface area contributed by atoms with E-state index in [0.717, 1.165) is 18.6 Å². The van der Waals surface area contributed by atoms with Crippen molar-refractivity contribution in [2.45, 2.75) is 56.6 Å². The molecule has 136 valence electrons. The van der Waals surface area contributed by atoms with Gasteiger partial charge in [0.1, 0.15) is 12.2 Å². The minimum atomic E-state index is -0.578. The van der Waals surface area contributed by atoms with E-state index in [4.69, 9.17) is 14.3 Å². The molecule has 25 heavy (non-hydrogen) atoms. The number of carbonyl (C=O) groups is 2. The normalized spacial score (nSPS) is 36.8. The second-order valence-corrected chi connectivity index (χ2v) is 7.09. The molecule has 3 heterocycles. The molecule has 0 aromatic heterocycles. The number of nitrogens with zero attached hydrogens (tertiary/aromatic N) is 1. The van der Waals surface area contributed by atoms with Crippen molar-refractivity contribution in [2.75, 3.05) is 13.2 Å². The van der Waals surface area contributed by atoms with Gasteiger partial charge in [-0.3, -0.25) is 9.59 Å². The van der Waals surface area contributed by atoms with Crippen molar-refractivity contribution in [3.8, 4) is 0 Å². The molecular weight excluding hydrogens is 326 g/mol. The molecule has 8 nitrogen and oxygen atoms in total. The lowest BCUT2D eigenvalue weighted by atomic mass is 10.0. The van der Waals surface area contributed by atoms with Gasteiger partial charge in [0.2, 0.25) is 12.0 Å². The minimum Gasteiger partial charge on any atom is -0.382 e. The minimum absolute atomic E-state index is 0.0127. The molecule has 2 saturated heterocycles. The van der Waals surface area contributed by atoms with E-state index in [2.05, 4.69) is 15.8 Å². The number of amides is 2. The van der Waals surface area contributed by atoms with Gasteiger partial charge in [0, 0.05) is 12.3 Å². The summed E-state index contributed by atoms with van der Waals surface area (Å²) in [5, 5.41) is 9.78. The Kier molecular flexibility index (Phi) is 4.47. The SMILES string of the molecule is CC1=NOC(C(=O)N[C@H]2CO[C@H]3[C@@H]2OC[C@@H]3NC(=O)C2CC=CC2)C1. The summed E-state index contributed by atoms with van der Waals surface area (Å²) in [4.78, 5) is 29.7. The zero-order chi connectivity index (χ0) is 17.4. The van der Waals surface area contributed by atoms with Crippen molar-refractivity contribution < 1.29 is 23.9 Å². The summed E-state index contributed by atoms with van der Waals surface area (Å²) in [6.07, 6.45) is 5.09. The van der Waals surface area contributed by atoms with Gasteiger partial charge in [-0.1, -0.05) is 17.3 Å². The standard InChI is InChI=1S/C17H23N3O5/c1-9-6-13(25-20-9)17(22)19-12-8-24-14-11(7-23-15(12)14)18-16(21)10-4-2-3-5-10/h2-3,10-15H,4-8H2,1H3,(H,18,21)(H,19,22)/t11-,12-,13?,14+,15+/m0/s1. The molecule has 0 bridgehead atoms. The molecule has 1 unspecified atom stereocenters. The monoisotopic (exact) mass is 349 g/mol. The van der Waals surface area contributed by atoms with E-state index in [1.54, 1.807) is 0 Å². The van der Waals surface area contributed by atoms with Gasteiger partial charge in [-0.25, -0.2) is 0 Å². The summed E-state index contributed by atoms with van der Waals surface area (Å²) in [6, 6.07) is -0.412. The second kappa shape index (κ2) is 6.76. The molecule has 3 aliphatic heterocycles. The fourth-order valence-electron chi connectivity index (χ4n) is 3.79. The average Bonchev–Trinajstić information content (AvgIpc) is 3.34. The molecule has 2 fully saturated rings. The van der Waals surface area contributed by atoms with Crippen LogP contribution in [0.4, 0.5) is 0 Å². The number of fused-ring (bicyclic) bond motifs is 1. The lowest BCUT2D eigenvalue weighted by molar-refractivity contribution is -0.132. The quantitative estimate of drug-likeness (QED) is 0.690. The third-order valence-corrected chi connectivity index (χ3v) is 5.20. The molecule has 5 atom stereocenters. The van der Waals surface area contributed by atoms with Crippen LogP contribution in [0.15, 0.2) is 17.3 Å². The van der Waals surface area contributed by atoms with Crippen LogP contribution in [0.3, 0.4) is 0 Å². The summed E-state index contributed by atoms with van der Waals surface area (Å²) >= 11 is 0. The molecule has 4 rings (SSSR count). The number of oxime groups is 1. The van der Waals surface area contributed by atoms with Crippen LogP contribution in [-0.2, 0) is 23.9 Å². The van der Waals surface area contributed by atoms with E-state index in [1.807, 2.05) is 19.1 Å². The Balaban J connectivity index is 1.29. The average molecular weight is 349 g/mol. The predicted molar refractivity (Wildman–Crippen MR) is 87.8 cm³/mol. The highest BCUT2D eigenvalue weighted by molar-refractivity contribution is 5.91. The molecule has 8 heteroatoms. The van der Waals surface area contributed by atoms with Crippen molar-refractivity contribution in [3.05, 3.63) is 12.2 Å². The first-order valence-corrected chi connectivity index (χ1v) is 8.80. The van der Waals surface area contributed by atoms with Crippen molar-refractivity contribution in [2.24, 2.45) is 11.1 Å². The Morgan fingerprint density at radius 3 is 2.20 bits per heavy atom. The molecular formula is C17H23N3O5. The van der Waals surface area contributed by atoms with Gasteiger partial charge >= 0.3 is 0 Å². The highest BCUT2D eigenvalue weighted by Crippen LogP contribution is 2.28. The number of rotatable bonds is 4.